The molecule has 3 nitrogen and oxygen atoms in total. The zero-order valence-electron chi connectivity index (χ0n) is 10.1. The average molecular weight is 198 g/mol. The summed E-state index contributed by atoms with van der Waals surface area (Å²) in [5, 5.41) is 12.2. The Morgan fingerprint density at radius 2 is 1.79 bits per heavy atom. The Balaban J connectivity index is 4.22. The van der Waals surface area contributed by atoms with Gasteiger partial charge in [0.15, 0.2) is 0 Å². The van der Waals surface area contributed by atoms with E-state index in [4.69, 9.17) is 10.00 Å². The van der Waals surface area contributed by atoms with Gasteiger partial charge in [0, 0.05) is 6.04 Å². The van der Waals surface area contributed by atoms with Crippen molar-refractivity contribution in [3.63, 3.8) is 0 Å². The summed E-state index contributed by atoms with van der Waals surface area (Å²) in [4.78, 5) is 0. The third kappa shape index (κ3) is 5.95. The van der Waals surface area contributed by atoms with Crippen molar-refractivity contribution in [2.45, 2.75) is 58.7 Å². The van der Waals surface area contributed by atoms with Crippen molar-refractivity contribution >= 4 is 0 Å². The monoisotopic (exact) mass is 198 g/mol. The third-order valence-electron chi connectivity index (χ3n) is 1.65. The first-order valence-electron chi connectivity index (χ1n) is 5.01. The maximum atomic E-state index is 9.04. The fourth-order valence-corrected chi connectivity index (χ4v) is 1.10. The third-order valence-corrected chi connectivity index (χ3v) is 1.65. The van der Waals surface area contributed by atoms with E-state index in [0.717, 1.165) is 0 Å². The highest BCUT2D eigenvalue weighted by molar-refractivity contribution is 5.04. The Bertz CT molecular complexity index is 212. The van der Waals surface area contributed by atoms with E-state index in [2.05, 4.69) is 11.4 Å². The molecule has 82 valence electrons. The lowest BCUT2D eigenvalue weighted by molar-refractivity contribution is -0.0244. The van der Waals surface area contributed by atoms with Crippen LogP contribution in [0.1, 0.15) is 41.5 Å². The van der Waals surface area contributed by atoms with Crippen LogP contribution in [0.5, 0.6) is 0 Å². The Morgan fingerprint density at radius 3 is 2.07 bits per heavy atom. The molecule has 1 N–H and O–H groups in total. The lowest BCUT2D eigenvalue weighted by Gasteiger charge is -2.29. The fourth-order valence-electron chi connectivity index (χ4n) is 1.10. The first-order valence-corrected chi connectivity index (χ1v) is 5.01. The Hall–Kier alpha value is -0.590. The summed E-state index contributed by atoms with van der Waals surface area (Å²) in [7, 11) is 0. The zero-order chi connectivity index (χ0) is 11.4. The maximum absolute atomic E-state index is 9.04. The predicted molar refractivity (Wildman–Crippen MR) is 58.0 cm³/mol. The molecule has 0 aromatic rings. The van der Waals surface area contributed by atoms with E-state index >= 15 is 0 Å². The minimum atomic E-state index is -0.596. The number of rotatable bonds is 4. The first-order chi connectivity index (χ1) is 6.18. The summed E-state index contributed by atoms with van der Waals surface area (Å²) in [6, 6.07) is 2.53. The maximum Gasteiger partial charge on any atom is 0.127 e. The first kappa shape index (κ1) is 13.4. The standard InChI is InChI=1S/C11H22N2O/c1-9(2)13-11(6,7-12)8-14-10(3,4)5/h9,13H,8H2,1-6H3. The topological polar surface area (TPSA) is 45.0 Å². The number of nitrogens with zero attached hydrogens (tertiary/aromatic N) is 1. The van der Waals surface area contributed by atoms with Crippen LogP contribution in [0.25, 0.3) is 0 Å². The molecule has 0 rings (SSSR count). The zero-order valence-corrected chi connectivity index (χ0v) is 10.1. The van der Waals surface area contributed by atoms with Crippen LogP contribution >= 0.6 is 0 Å². The Labute approximate surface area is 87.4 Å². The normalized spacial score (nSPS) is 16.4. The van der Waals surface area contributed by atoms with Crippen molar-refractivity contribution in [3.8, 4) is 6.07 Å². The van der Waals surface area contributed by atoms with Crippen LogP contribution in [0, 0.1) is 11.3 Å². The number of nitrogens with one attached hydrogen (secondary N) is 1. The summed E-state index contributed by atoms with van der Waals surface area (Å²) in [5.41, 5.74) is -0.793. The molecule has 0 saturated carbocycles. The smallest absolute Gasteiger partial charge is 0.127 e. The van der Waals surface area contributed by atoms with E-state index in [1.807, 2.05) is 41.5 Å². The van der Waals surface area contributed by atoms with Gasteiger partial charge in [0.2, 0.25) is 0 Å². The molecule has 0 aliphatic rings. The van der Waals surface area contributed by atoms with Crippen molar-refractivity contribution in [3.05, 3.63) is 0 Å². The second kappa shape index (κ2) is 4.77. The lowest BCUT2D eigenvalue weighted by Crippen LogP contribution is -2.49. The molecule has 1 atom stereocenters. The molecule has 0 aromatic carbocycles. The molecule has 0 aliphatic heterocycles. The van der Waals surface area contributed by atoms with Gasteiger partial charge >= 0.3 is 0 Å². The molecule has 0 aromatic heterocycles. The summed E-state index contributed by atoms with van der Waals surface area (Å²) in [6.45, 7) is 12.3. The van der Waals surface area contributed by atoms with E-state index in [1.165, 1.54) is 0 Å². The van der Waals surface area contributed by atoms with Gasteiger partial charge in [-0.3, -0.25) is 5.32 Å². The van der Waals surface area contributed by atoms with Crippen molar-refractivity contribution in [2.75, 3.05) is 6.61 Å². The second-order valence-electron chi connectivity index (χ2n) is 5.14. The molecule has 0 heterocycles. The number of ether oxygens (including phenoxy) is 1. The molecular weight excluding hydrogens is 176 g/mol. The average Bonchev–Trinajstić information content (AvgIpc) is 1.99. The van der Waals surface area contributed by atoms with Crippen molar-refractivity contribution in [1.82, 2.24) is 5.32 Å². The van der Waals surface area contributed by atoms with Crippen LogP contribution in [0.3, 0.4) is 0 Å². The highest BCUT2D eigenvalue weighted by atomic mass is 16.5. The lowest BCUT2D eigenvalue weighted by atomic mass is 10.0. The quantitative estimate of drug-likeness (QED) is 0.752. The predicted octanol–water partition coefficient (Wildman–Crippen LogP) is 2.08. The molecule has 14 heavy (non-hydrogen) atoms. The summed E-state index contributed by atoms with van der Waals surface area (Å²) >= 11 is 0. The van der Waals surface area contributed by atoms with Gasteiger partial charge in [-0.2, -0.15) is 5.26 Å². The number of hydrogen-bond donors (Lipinski definition) is 1. The van der Waals surface area contributed by atoms with E-state index < -0.39 is 5.54 Å². The second-order valence-corrected chi connectivity index (χ2v) is 5.14. The molecule has 0 aliphatic carbocycles. The summed E-state index contributed by atoms with van der Waals surface area (Å²) < 4.78 is 5.60. The van der Waals surface area contributed by atoms with Crippen LogP contribution in [0.4, 0.5) is 0 Å². The van der Waals surface area contributed by atoms with Crippen molar-refractivity contribution in [1.29, 1.82) is 5.26 Å². The molecule has 0 radical (unpaired) electrons. The van der Waals surface area contributed by atoms with Gasteiger partial charge < -0.3 is 4.74 Å². The molecule has 0 bridgehead atoms. The molecule has 1 unspecified atom stereocenters. The van der Waals surface area contributed by atoms with Crippen LogP contribution in [0.2, 0.25) is 0 Å². The minimum absolute atomic E-state index is 0.198. The molecule has 3 heteroatoms. The van der Waals surface area contributed by atoms with Gasteiger partial charge in [0.05, 0.1) is 18.3 Å². The highest BCUT2D eigenvalue weighted by Crippen LogP contribution is 2.12. The molecule has 0 spiro atoms. The van der Waals surface area contributed by atoms with Crippen LogP contribution < -0.4 is 5.32 Å². The Morgan fingerprint density at radius 1 is 1.29 bits per heavy atom. The number of nitriles is 1. The largest absolute Gasteiger partial charge is 0.373 e. The van der Waals surface area contributed by atoms with Gasteiger partial charge in [-0.15, -0.1) is 0 Å². The molecular formula is C11H22N2O. The molecule has 0 fully saturated rings. The van der Waals surface area contributed by atoms with Crippen molar-refractivity contribution in [2.24, 2.45) is 0 Å². The summed E-state index contributed by atoms with van der Waals surface area (Å²) in [6.07, 6.45) is 0. The Kier molecular flexibility index (Phi) is 4.57. The molecule has 0 amide bonds. The van der Waals surface area contributed by atoms with Crippen LogP contribution in [-0.2, 0) is 4.74 Å². The SMILES string of the molecule is CC(C)NC(C)(C#N)COC(C)(C)C. The van der Waals surface area contributed by atoms with Gasteiger partial charge in [-0.05, 0) is 41.5 Å². The van der Waals surface area contributed by atoms with Crippen LogP contribution in [-0.4, -0.2) is 23.8 Å². The van der Waals surface area contributed by atoms with E-state index in [-0.39, 0.29) is 11.6 Å². The van der Waals surface area contributed by atoms with Crippen molar-refractivity contribution < 1.29 is 4.74 Å². The van der Waals surface area contributed by atoms with E-state index in [9.17, 15) is 0 Å². The van der Waals surface area contributed by atoms with Gasteiger partial charge in [0.25, 0.3) is 0 Å². The fraction of sp³-hybridized carbons (Fsp3) is 0.909. The van der Waals surface area contributed by atoms with E-state index in [1.54, 1.807) is 0 Å². The van der Waals surface area contributed by atoms with Gasteiger partial charge in [-0.25, -0.2) is 0 Å². The molecule has 0 saturated heterocycles. The summed E-state index contributed by atoms with van der Waals surface area (Å²) in [5.74, 6) is 0. The number of hydrogen-bond acceptors (Lipinski definition) is 3. The highest BCUT2D eigenvalue weighted by Gasteiger charge is 2.27. The van der Waals surface area contributed by atoms with Gasteiger partial charge in [0.1, 0.15) is 5.54 Å². The minimum Gasteiger partial charge on any atom is -0.373 e. The van der Waals surface area contributed by atoms with E-state index in [0.29, 0.717) is 6.61 Å². The van der Waals surface area contributed by atoms with Crippen LogP contribution in [0.15, 0.2) is 0 Å². The van der Waals surface area contributed by atoms with Gasteiger partial charge in [-0.1, -0.05) is 0 Å².